The summed E-state index contributed by atoms with van der Waals surface area (Å²) in [5.41, 5.74) is 0.396. The molecule has 1 amide bonds. The maximum Gasteiger partial charge on any atom is 0.223 e. The molecular weight excluding hydrogens is 212 g/mol. The summed E-state index contributed by atoms with van der Waals surface area (Å²) in [5.74, 6) is 0.300. The summed E-state index contributed by atoms with van der Waals surface area (Å²) in [4.78, 5) is 14.1. The summed E-state index contributed by atoms with van der Waals surface area (Å²) in [6, 6.07) is 0. The Labute approximate surface area is 106 Å². The fraction of sp³-hybridized carbons (Fsp3) is 0.929. The Kier molecular flexibility index (Phi) is 4.59. The molecule has 100 valence electrons. The molecule has 1 saturated heterocycles. The predicted octanol–water partition coefficient (Wildman–Crippen LogP) is 2.41. The monoisotopic (exact) mass is 240 g/mol. The van der Waals surface area contributed by atoms with Crippen LogP contribution in [0.15, 0.2) is 0 Å². The number of hydrogen-bond donors (Lipinski definition) is 1. The highest BCUT2D eigenvalue weighted by Gasteiger charge is 2.28. The summed E-state index contributed by atoms with van der Waals surface area (Å²) in [6.07, 6.45) is 3.00. The van der Waals surface area contributed by atoms with Crippen LogP contribution >= 0.6 is 0 Å². The number of nitrogens with zero attached hydrogens (tertiary/aromatic N) is 1. The molecular formula is C14H28N2O. The molecule has 1 fully saturated rings. The van der Waals surface area contributed by atoms with E-state index in [4.69, 9.17) is 0 Å². The molecule has 1 aliphatic heterocycles. The van der Waals surface area contributed by atoms with E-state index in [-0.39, 0.29) is 5.54 Å². The Hall–Kier alpha value is -0.570. The topological polar surface area (TPSA) is 32.3 Å². The second-order valence-electron chi connectivity index (χ2n) is 7.01. The maximum atomic E-state index is 12.1. The van der Waals surface area contributed by atoms with Gasteiger partial charge in [0.15, 0.2) is 0 Å². The van der Waals surface area contributed by atoms with Crippen LogP contribution in [0.3, 0.4) is 0 Å². The van der Waals surface area contributed by atoms with Crippen LogP contribution in [-0.4, -0.2) is 36.0 Å². The van der Waals surface area contributed by atoms with E-state index < -0.39 is 0 Å². The van der Waals surface area contributed by atoms with E-state index in [1.54, 1.807) is 0 Å². The standard InChI is InChI=1S/C14H28N2O/c1-13(2,3)15-9-7-12(17)16-10-6-8-14(4,5)11-16/h15H,6-11H2,1-5H3. The quantitative estimate of drug-likeness (QED) is 0.821. The fourth-order valence-electron chi connectivity index (χ4n) is 2.34. The van der Waals surface area contributed by atoms with Gasteiger partial charge in [-0.15, -0.1) is 0 Å². The van der Waals surface area contributed by atoms with Gasteiger partial charge in [-0.25, -0.2) is 0 Å². The van der Waals surface area contributed by atoms with Crippen LogP contribution < -0.4 is 5.32 Å². The lowest BCUT2D eigenvalue weighted by atomic mass is 9.84. The van der Waals surface area contributed by atoms with Crippen molar-refractivity contribution in [3.8, 4) is 0 Å². The predicted molar refractivity (Wildman–Crippen MR) is 72.0 cm³/mol. The van der Waals surface area contributed by atoms with Gasteiger partial charge in [0.1, 0.15) is 0 Å². The summed E-state index contributed by atoms with van der Waals surface area (Å²) >= 11 is 0. The van der Waals surface area contributed by atoms with E-state index in [1.165, 1.54) is 6.42 Å². The average Bonchev–Trinajstić information content (AvgIpc) is 2.13. The Morgan fingerprint density at radius 3 is 2.53 bits per heavy atom. The van der Waals surface area contributed by atoms with Crippen LogP contribution in [0.4, 0.5) is 0 Å². The molecule has 0 bridgehead atoms. The average molecular weight is 240 g/mol. The smallest absolute Gasteiger partial charge is 0.223 e. The first-order valence-corrected chi connectivity index (χ1v) is 6.72. The number of carbonyl (C=O) groups excluding carboxylic acids is 1. The number of piperidine rings is 1. The molecule has 1 rings (SSSR count). The molecule has 1 heterocycles. The summed E-state index contributed by atoms with van der Waals surface area (Å²) < 4.78 is 0. The van der Waals surface area contributed by atoms with Gasteiger partial charge < -0.3 is 10.2 Å². The Balaban J connectivity index is 2.33. The van der Waals surface area contributed by atoms with Crippen molar-refractivity contribution in [3.63, 3.8) is 0 Å². The minimum absolute atomic E-state index is 0.0987. The third-order valence-electron chi connectivity index (χ3n) is 3.25. The number of likely N-dealkylation sites (tertiary alicyclic amines) is 1. The first kappa shape index (κ1) is 14.5. The van der Waals surface area contributed by atoms with Crippen LogP contribution in [0.5, 0.6) is 0 Å². The minimum atomic E-state index is 0.0987. The number of amides is 1. The van der Waals surface area contributed by atoms with Crippen molar-refractivity contribution in [1.29, 1.82) is 0 Å². The molecule has 1 aliphatic rings. The van der Waals surface area contributed by atoms with Gasteiger partial charge in [-0.3, -0.25) is 4.79 Å². The molecule has 0 aliphatic carbocycles. The molecule has 0 aromatic heterocycles. The number of hydrogen-bond acceptors (Lipinski definition) is 2. The molecule has 0 aromatic rings. The molecule has 3 heteroatoms. The van der Waals surface area contributed by atoms with Crippen molar-refractivity contribution >= 4 is 5.91 Å². The third kappa shape index (κ3) is 5.53. The van der Waals surface area contributed by atoms with Gasteiger partial charge in [0, 0.05) is 31.6 Å². The van der Waals surface area contributed by atoms with Crippen LogP contribution in [0, 0.1) is 5.41 Å². The molecule has 17 heavy (non-hydrogen) atoms. The second kappa shape index (κ2) is 5.38. The van der Waals surface area contributed by atoms with E-state index >= 15 is 0 Å². The third-order valence-corrected chi connectivity index (χ3v) is 3.25. The van der Waals surface area contributed by atoms with E-state index in [1.807, 2.05) is 4.90 Å². The molecule has 1 N–H and O–H groups in total. The van der Waals surface area contributed by atoms with Gasteiger partial charge >= 0.3 is 0 Å². The number of rotatable bonds is 3. The SMILES string of the molecule is CC1(C)CCCN(C(=O)CCNC(C)(C)C)C1. The Morgan fingerprint density at radius 2 is 2.00 bits per heavy atom. The lowest BCUT2D eigenvalue weighted by molar-refractivity contribution is -0.134. The molecule has 0 aromatic carbocycles. The summed E-state index contributed by atoms with van der Waals surface area (Å²) in [6.45, 7) is 13.5. The van der Waals surface area contributed by atoms with Crippen LogP contribution in [0.25, 0.3) is 0 Å². The van der Waals surface area contributed by atoms with Gasteiger partial charge in [0.2, 0.25) is 5.91 Å². The van der Waals surface area contributed by atoms with Gasteiger partial charge in [-0.05, 0) is 39.0 Å². The second-order valence-corrected chi connectivity index (χ2v) is 7.01. The first-order valence-electron chi connectivity index (χ1n) is 6.72. The normalized spacial score (nSPS) is 20.4. The molecule has 3 nitrogen and oxygen atoms in total. The molecule has 0 unspecified atom stereocenters. The summed E-state index contributed by atoms with van der Waals surface area (Å²) in [7, 11) is 0. The van der Waals surface area contributed by atoms with Gasteiger partial charge in [0.05, 0.1) is 0 Å². The van der Waals surface area contributed by atoms with E-state index in [0.29, 0.717) is 17.7 Å². The molecule has 0 spiro atoms. The summed E-state index contributed by atoms with van der Waals surface area (Å²) in [5, 5.41) is 3.37. The van der Waals surface area contributed by atoms with Gasteiger partial charge in [-0.1, -0.05) is 13.8 Å². The minimum Gasteiger partial charge on any atom is -0.342 e. The largest absolute Gasteiger partial charge is 0.342 e. The van der Waals surface area contributed by atoms with Crippen LogP contribution in [0.2, 0.25) is 0 Å². The zero-order valence-electron chi connectivity index (χ0n) is 12.1. The van der Waals surface area contributed by atoms with E-state index in [9.17, 15) is 4.79 Å². The van der Waals surface area contributed by atoms with Crippen molar-refractivity contribution in [2.24, 2.45) is 5.41 Å². The zero-order chi connectivity index (χ0) is 13.1. The maximum absolute atomic E-state index is 12.1. The van der Waals surface area contributed by atoms with Gasteiger partial charge in [0.25, 0.3) is 0 Å². The highest BCUT2D eigenvalue weighted by Crippen LogP contribution is 2.28. The van der Waals surface area contributed by atoms with Gasteiger partial charge in [-0.2, -0.15) is 0 Å². The molecule has 0 saturated carbocycles. The van der Waals surface area contributed by atoms with E-state index in [0.717, 1.165) is 26.1 Å². The van der Waals surface area contributed by atoms with Crippen LogP contribution in [0.1, 0.15) is 53.9 Å². The molecule has 0 atom stereocenters. The number of nitrogens with one attached hydrogen (secondary N) is 1. The van der Waals surface area contributed by atoms with Crippen molar-refractivity contribution in [3.05, 3.63) is 0 Å². The number of carbonyl (C=O) groups is 1. The highest BCUT2D eigenvalue weighted by molar-refractivity contribution is 5.76. The Morgan fingerprint density at radius 1 is 1.35 bits per heavy atom. The molecule has 0 radical (unpaired) electrons. The van der Waals surface area contributed by atoms with Crippen molar-refractivity contribution in [1.82, 2.24) is 10.2 Å². The highest BCUT2D eigenvalue weighted by atomic mass is 16.2. The zero-order valence-corrected chi connectivity index (χ0v) is 12.1. The van der Waals surface area contributed by atoms with Crippen molar-refractivity contribution in [2.75, 3.05) is 19.6 Å². The Bertz CT molecular complexity index is 266. The first-order chi connectivity index (χ1) is 7.70. The lowest BCUT2D eigenvalue weighted by Gasteiger charge is -2.38. The fourth-order valence-corrected chi connectivity index (χ4v) is 2.34. The van der Waals surface area contributed by atoms with Crippen LogP contribution in [-0.2, 0) is 4.79 Å². The lowest BCUT2D eigenvalue weighted by Crippen LogP contribution is -2.45. The van der Waals surface area contributed by atoms with E-state index in [2.05, 4.69) is 39.9 Å². The van der Waals surface area contributed by atoms with Crippen molar-refractivity contribution < 1.29 is 4.79 Å². The van der Waals surface area contributed by atoms with Crippen molar-refractivity contribution in [2.45, 2.75) is 59.4 Å².